The quantitative estimate of drug-likeness (QED) is 0.726. The van der Waals surface area contributed by atoms with E-state index in [1.165, 1.54) is 31.1 Å². The minimum absolute atomic E-state index is 0.834. The fourth-order valence-electron chi connectivity index (χ4n) is 2.01. The van der Waals surface area contributed by atoms with Crippen molar-refractivity contribution in [3.8, 4) is 0 Å². The van der Waals surface area contributed by atoms with Crippen LogP contribution in [0, 0.1) is 0 Å². The summed E-state index contributed by atoms with van der Waals surface area (Å²) in [5, 5.41) is 4.62. The van der Waals surface area contributed by atoms with Crippen molar-refractivity contribution < 1.29 is 4.42 Å². The molecule has 0 radical (unpaired) electrons. The van der Waals surface area contributed by atoms with E-state index in [0.29, 0.717) is 0 Å². The molecule has 0 saturated carbocycles. The number of nitrogens with one attached hydrogen (secondary N) is 1. The third-order valence-corrected chi connectivity index (χ3v) is 2.98. The first-order chi connectivity index (χ1) is 8.40. The number of benzene rings is 1. The Balaban J connectivity index is 1.75. The van der Waals surface area contributed by atoms with E-state index in [1.54, 1.807) is 0 Å². The van der Waals surface area contributed by atoms with Gasteiger partial charge in [0, 0.05) is 5.39 Å². The first-order valence-electron chi connectivity index (χ1n) is 6.58. The zero-order valence-electron chi connectivity index (χ0n) is 10.5. The predicted molar refractivity (Wildman–Crippen MR) is 72.1 cm³/mol. The van der Waals surface area contributed by atoms with E-state index in [-0.39, 0.29) is 0 Å². The molecule has 0 saturated heterocycles. The smallest absolute Gasteiger partial charge is 0.134 e. The number of unbranched alkanes of at least 4 members (excludes halogenated alkanes) is 3. The van der Waals surface area contributed by atoms with E-state index >= 15 is 0 Å². The van der Waals surface area contributed by atoms with E-state index in [2.05, 4.69) is 24.4 Å². The van der Waals surface area contributed by atoms with Gasteiger partial charge in [0.2, 0.25) is 0 Å². The van der Waals surface area contributed by atoms with Gasteiger partial charge >= 0.3 is 0 Å². The molecule has 0 unspecified atom stereocenters. The van der Waals surface area contributed by atoms with Gasteiger partial charge in [-0.2, -0.15) is 0 Å². The van der Waals surface area contributed by atoms with Crippen molar-refractivity contribution in [2.24, 2.45) is 0 Å². The van der Waals surface area contributed by atoms with Crippen LogP contribution in [0.1, 0.15) is 38.4 Å². The van der Waals surface area contributed by atoms with E-state index in [0.717, 1.165) is 24.4 Å². The fraction of sp³-hybridized carbons (Fsp3) is 0.467. The third-order valence-electron chi connectivity index (χ3n) is 2.98. The molecule has 0 bridgehead atoms. The summed E-state index contributed by atoms with van der Waals surface area (Å²) >= 11 is 0. The van der Waals surface area contributed by atoms with Gasteiger partial charge in [-0.15, -0.1) is 0 Å². The SMILES string of the molecule is CCCCCCNCc1cc2ccccc2o1. The average molecular weight is 231 g/mol. The summed E-state index contributed by atoms with van der Waals surface area (Å²) in [5.41, 5.74) is 0.982. The molecular weight excluding hydrogens is 210 g/mol. The molecule has 2 rings (SSSR count). The van der Waals surface area contributed by atoms with Crippen molar-refractivity contribution >= 4 is 11.0 Å². The van der Waals surface area contributed by atoms with Crippen molar-refractivity contribution in [1.82, 2.24) is 5.32 Å². The maximum absolute atomic E-state index is 5.73. The molecule has 0 aliphatic heterocycles. The topological polar surface area (TPSA) is 25.2 Å². The van der Waals surface area contributed by atoms with Crippen LogP contribution in [0.5, 0.6) is 0 Å². The molecule has 2 nitrogen and oxygen atoms in total. The molecule has 1 aromatic carbocycles. The van der Waals surface area contributed by atoms with Gasteiger partial charge in [0.05, 0.1) is 6.54 Å². The zero-order chi connectivity index (χ0) is 11.9. The molecule has 0 fully saturated rings. The molecule has 0 atom stereocenters. The summed E-state index contributed by atoms with van der Waals surface area (Å²) in [6.45, 7) is 4.15. The monoisotopic (exact) mass is 231 g/mol. The number of para-hydroxylation sites is 1. The Hall–Kier alpha value is -1.28. The lowest BCUT2D eigenvalue weighted by atomic mass is 10.2. The lowest BCUT2D eigenvalue weighted by Gasteiger charge is -2.01. The minimum atomic E-state index is 0.834. The molecule has 92 valence electrons. The van der Waals surface area contributed by atoms with Crippen LogP contribution in [0.15, 0.2) is 34.7 Å². The molecule has 2 heteroatoms. The Morgan fingerprint density at radius 1 is 1.12 bits per heavy atom. The van der Waals surface area contributed by atoms with Crippen molar-refractivity contribution in [2.45, 2.75) is 39.2 Å². The molecule has 0 aliphatic carbocycles. The number of hydrogen-bond donors (Lipinski definition) is 1. The Morgan fingerprint density at radius 2 is 2.00 bits per heavy atom. The summed E-state index contributed by atoms with van der Waals surface area (Å²) in [7, 11) is 0. The van der Waals surface area contributed by atoms with Crippen LogP contribution < -0.4 is 5.32 Å². The van der Waals surface area contributed by atoms with E-state index in [1.807, 2.05) is 18.2 Å². The number of fused-ring (bicyclic) bond motifs is 1. The summed E-state index contributed by atoms with van der Waals surface area (Å²) in [5.74, 6) is 1.03. The van der Waals surface area contributed by atoms with Gasteiger partial charge in [-0.1, -0.05) is 44.4 Å². The van der Waals surface area contributed by atoms with Gasteiger partial charge < -0.3 is 9.73 Å². The van der Waals surface area contributed by atoms with E-state index in [9.17, 15) is 0 Å². The largest absolute Gasteiger partial charge is 0.460 e. The van der Waals surface area contributed by atoms with Crippen molar-refractivity contribution in [2.75, 3.05) is 6.54 Å². The molecule has 17 heavy (non-hydrogen) atoms. The fourth-order valence-corrected chi connectivity index (χ4v) is 2.01. The highest BCUT2D eigenvalue weighted by atomic mass is 16.3. The van der Waals surface area contributed by atoms with Gasteiger partial charge in [0.15, 0.2) is 0 Å². The number of hydrogen-bond acceptors (Lipinski definition) is 2. The van der Waals surface area contributed by atoms with Gasteiger partial charge in [-0.05, 0) is 25.1 Å². The maximum Gasteiger partial charge on any atom is 0.134 e. The van der Waals surface area contributed by atoms with Crippen LogP contribution in [-0.2, 0) is 6.54 Å². The summed E-state index contributed by atoms with van der Waals surface area (Å²) in [4.78, 5) is 0. The van der Waals surface area contributed by atoms with Crippen molar-refractivity contribution in [3.05, 3.63) is 36.1 Å². The average Bonchev–Trinajstić information content (AvgIpc) is 2.76. The lowest BCUT2D eigenvalue weighted by Crippen LogP contribution is -2.13. The van der Waals surface area contributed by atoms with Crippen LogP contribution in [0.4, 0.5) is 0 Å². The molecule has 0 spiro atoms. The standard InChI is InChI=1S/C15H21NO/c1-2-3-4-7-10-16-12-14-11-13-8-5-6-9-15(13)17-14/h5-6,8-9,11,16H,2-4,7,10,12H2,1H3. The number of rotatable bonds is 7. The lowest BCUT2D eigenvalue weighted by molar-refractivity contribution is 0.504. The second kappa shape index (κ2) is 6.45. The molecule has 1 N–H and O–H groups in total. The molecule has 0 amide bonds. The molecule has 1 aromatic heterocycles. The maximum atomic E-state index is 5.73. The predicted octanol–water partition coefficient (Wildman–Crippen LogP) is 4.10. The van der Waals surface area contributed by atoms with E-state index < -0.39 is 0 Å². The van der Waals surface area contributed by atoms with Crippen molar-refractivity contribution in [3.63, 3.8) is 0 Å². The third kappa shape index (κ3) is 3.60. The number of furan rings is 1. The second-order valence-electron chi connectivity index (χ2n) is 4.49. The van der Waals surface area contributed by atoms with Crippen LogP contribution in [0.3, 0.4) is 0 Å². The molecular formula is C15H21NO. The summed E-state index contributed by atoms with van der Waals surface area (Å²) in [6, 6.07) is 10.3. The van der Waals surface area contributed by atoms with Crippen LogP contribution >= 0.6 is 0 Å². The minimum Gasteiger partial charge on any atom is -0.460 e. The Morgan fingerprint density at radius 3 is 2.82 bits per heavy atom. The van der Waals surface area contributed by atoms with Gasteiger partial charge in [0.25, 0.3) is 0 Å². The second-order valence-corrected chi connectivity index (χ2v) is 4.49. The molecule has 2 aromatic rings. The Kier molecular flexibility index (Phi) is 4.63. The van der Waals surface area contributed by atoms with E-state index in [4.69, 9.17) is 4.42 Å². The summed E-state index contributed by atoms with van der Waals surface area (Å²) in [6.07, 6.45) is 5.22. The highest BCUT2D eigenvalue weighted by Crippen LogP contribution is 2.18. The zero-order valence-corrected chi connectivity index (χ0v) is 10.5. The van der Waals surface area contributed by atoms with Crippen LogP contribution in [0.2, 0.25) is 0 Å². The Bertz CT molecular complexity index is 414. The van der Waals surface area contributed by atoms with Gasteiger partial charge in [0.1, 0.15) is 11.3 Å². The summed E-state index contributed by atoms with van der Waals surface area (Å²) < 4.78 is 5.73. The highest BCUT2D eigenvalue weighted by Gasteiger charge is 2.01. The van der Waals surface area contributed by atoms with Crippen molar-refractivity contribution in [1.29, 1.82) is 0 Å². The molecule has 0 aliphatic rings. The highest BCUT2D eigenvalue weighted by molar-refractivity contribution is 5.77. The molecule has 1 heterocycles. The normalized spacial score (nSPS) is 11.1. The van der Waals surface area contributed by atoms with Crippen LogP contribution in [-0.4, -0.2) is 6.54 Å². The first-order valence-corrected chi connectivity index (χ1v) is 6.58. The van der Waals surface area contributed by atoms with Gasteiger partial charge in [-0.25, -0.2) is 0 Å². The first kappa shape index (κ1) is 12.2. The van der Waals surface area contributed by atoms with Gasteiger partial charge in [-0.3, -0.25) is 0 Å². The Labute approximate surface area is 103 Å². The van der Waals surface area contributed by atoms with Crippen LogP contribution in [0.25, 0.3) is 11.0 Å².